The van der Waals surface area contributed by atoms with E-state index < -0.39 is 17.5 Å². The van der Waals surface area contributed by atoms with Crippen molar-refractivity contribution in [1.82, 2.24) is 0 Å². The number of rotatable bonds is 4. The molecule has 0 atom stereocenters. The fourth-order valence-electron chi connectivity index (χ4n) is 1.95. The molecule has 0 unspecified atom stereocenters. The van der Waals surface area contributed by atoms with Gasteiger partial charge in [0.25, 0.3) is 0 Å². The molecule has 0 amide bonds. The minimum Gasteiger partial charge on any atom is -0.481 e. The quantitative estimate of drug-likeness (QED) is 0.590. The van der Waals surface area contributed by atoms with Crippen molar-refractivity contribution in [3.05, 3.63) is 12.2 Å². The maximum Gasteiger partial charge on any atom is 0.334 e. The molecule has 1 saturated carbocycles. The molecule has 0 aromatic heterocycles. The molecule has 1 aliphatic carbocycles. The Kier molecular flexibility index (Phi) is 4.10. The first kappa shape index (κ1) is 12.7. The van der Waals surface area contributed by atoms with Crippen molar-refractivity contribution in [3.8, 4) is 0 Å². The summed E-state index contributed by atoms with van der Waals surface area (Å²) in [5.41, 5.74) is -0.421. The topological polar surface area (TPSA) is 63.6 Å². The zero-order chi connectivity index (χ0) is 12.2. The van der Waals surface area contributed by atoms with E-state index in [9.17, 15) is 9.59 Å². The van der Waals surface area contributed by atoms with Gasteiger partial charge in [-0.3, -0.25) is 4.79 Å². The van der Waals surface area contributed by atoms with E-state index in [1.807, 2.05) is 6.92 Å². The van der Waals surface area contributed by atoms with Crippen molar-refractivity contribution in [2.24, 2.45) is 0 Å². The van der Waals surface area contributed by atoms with Crippen molar-refractivity contribution in [2.75, 3.05) is 0 Å². The highest BCUT2D eigenvalue weighted by Crippen LogP contribution is 2.31. The standard InChI is InChI=1S/C12H18O4/c1-9(8-10(13)14)11(15)16-12(2)6-4-3-5-7-12/h1,3-8H2,2H3,(H,13,14). The van der Waals surface area contributed by atoms with E-state index in [1.165, 1.54) is 6.42 Å². The van der Waals surface area contributed by atoms with E-state index in [-0.39, 0.29) is 12.0 Å². The number of carbonyl (C=O) groups is 2. The smallest absolute Gasteiger partial charge is 0.334 e. The molecule has 4 nitrogen and oxygen atoms in total. The lowest BCUT2D eigenvalue weighted by Crippen LogP contribution is -2.34. The van der Waals surface area contributed by atoms with Gasteiger partial charge in [0.2, 0.25) is 0 Å². The molecular weight excluding hydrogens is 208 g/mol. The second-order valence-electron chi connectivity index (χ2n) is 4.57. The largest absolute Gasteiger partial charge is 0.481 e. The third kappa shape index (κ3) is 3.68. The third-order valence-electron chi connectivity index (χ3n) is 2.90. The van der Waals surface area contributed by atoms with Crippen molar-refractivity contribution in [3.63, 3.8) is 0 Å². The highest BCUT2D eigenvalue weighted by atomic mass is 16.6. The average Bonchev–Trinajstić information content (AvgIpc) is 2.16. The van der Waals surface area contributed by atoms with E-state index in [1.54, 1.807) is 0 Å². The summed E-state index contributed by atoms with van der Waals surface area (Å²) in [6, 6.07) is 0. The van der Waals surface area contributed by atoms with Crippen molar-refractivity contribution < 1.29 is 19.4 Å². The molecule has 1 fully saturated rings. The van der Waals surface area contributed by atoms with Crippen LogP contribution >= 0.6 is 0 Å². The molecule has 90 valence electrons. The van der Waals surface area contributed by atoms with Crippen LogP contribution in [0.4, 0.5) is 0 Å². The first-order valence-corrected chi connectivity index (χ1v) is 5.56. The van der Waals surface area contributed by atoms with Crippen molar-refractivity contribution >= 4 is 11.9 Å². The zero-order valence-corrected chi connectivity index (χ0v) is 9.62. The van der Waals surface area contributed by atoms with Gasteiger partial charge in [0.05, 0.1) is 6.42 Å². The summed E-state index contributed by atoms with van der Waals surface area (Å²) in [4.78, 5) is 22.0. The first-order valence-electron chi connectivity index (χ1n) is 5.56. The second kappa shape index (κ2) is 5.14. The molecule has 1 N–H and O–H groups in total. The van der Waals surface area contributed by atoms with Crippen LogP contribution in [-0.4, -0.2) is 22.6 Å². The van der Waals surface area contributed by atoms with Gasteiger partial charge in [0.15, 0.2) is 0 Å². The lowest BCUT2D eigenvalue weighted by Gasteiger charge is -2.33. The number of carboxylic acids is 1. The molecule has 0 aliphatic heterocycles. The van der Waals surface area contributed by atoms with Gasteiger partial charge in [0, 0.05) is 5.57 Å². The summed E-state index contributed by atoms with van der Waals surface area (Å²) in [7, 11) is 0. The summed E-state index contributed by atoms with van der Waals surface area (Å²) in [6.45, 7) is 5.34. The predicted octanol–water partition coefficient (Wildman–Crippen LogP) is 2.28. The van der Waals surface area contributed by atoms with E-state index in [0.717, 1.165) is 25.7 Å². The maximum atomic E-state index is 11.6. The molecule has 1 aliphatic rings. The fraction of sp³-hybridized carbons (Fsp3) is 0.667. The fourth-order valence-corrected chi connectivity index (χ4v) is 1.95. The van der Waals surface area contributed by atoms with Crippen molar-refractivity contribution in [2.45, 2.75) is 51.0 Å². The Morgan fingerprint density at radius 2 is 1.88 bits per heavy atom. The highest BCUT2D eigenvalue weighted by molar-refractivity contribution is 5.93. The molecule has 16 heavy (non-hydrogen) atoms. The minimum absolute atomic E-state index is 0.0132. The summed E-state index contributed by atoms with van der Waals surface area (Å²) in [6.07, 6.45) is 4.61. The molecule has 4 heteroatoms. The summed E-state index contributed by atoms with van der Waals surface area (Å²) >= 11 is 0. The van der Waals surface area contributed by atoms with Crippen molar-refractivity contribution in [1.29, 1.82) is 0 Å². The van der Waals surface area contributed by atoms with E-state index in [0.29, 0.717) is 0 Å². The number of aliphatic carboxylic acids is 1. The SMILES string of the molecule is C=C(CC(=O)O)C(=O)OC1(C)CCCCC1. The number of hydrogen-bond acceptors (Lipinski definition) is 3. The van der Waals surface area contributed by atoms with Crippen LogP contribution in [0.25, 0.3) is 0 Å². The lowest BCUT2D eigenvalue weighted by molar-refractivity contribution is -0.157. The van der Waals surface area contributed by atoms with Crippen LogP contribution in [-0.2, 0) is 14.3 Å². The Balaban J connectivity index is 2.49. The molecule has 0 saturated heterocycles. The number of esters is 1. The molecule has 0 spiro atoms. The first-order chi connectivity index (χ1) is 7.43. The number of carbonyl (C=O) groups excluding carboxylic acids is 1. The van der Waals surface area contributed by atoms with Gasteiger partial charge in [-0.25, -0.2) is 4.79 Å². The van der Waals surface area contributed by atoms with Crippen LogP contribution in [0.15, 0.2) is 12.2 Å². The summed E-state index contributed by atoms with van der Waals surface area (Å²) < 4.78 is 5.34. The van der Waals surface area contributed by atoms with Crippen LogP contribution in [0.2, 0.25) is 0 Å². The molecule has 0 bridgehead atoms. The second-order valence-corrected chi connectivity index (χ2v) is 4.57. The Bertz CT molecular complexity index is 300. The zero-order valence-electron chi connectivity index (χ0n) is 9.62. The molecule has 0 radical (unpaired) electrons. The van der Waals surface area contributed by atoms with Crippen LogP contribution in [0.1, 0.15) is 45.4 Å². The Hall–Kier alpha value is -1.32. The van der Waals surface area contributed by atoms with Gasteiger partial charge >= 0.3 is 11.9 Å². The number of ether oxygens (including phenoxy) is 1. The summed E-state index contributed by atoms with van der Waals surface area (Å²) in [5, 5.41) is 8.53. The van der Waals surface area contributed by atoms with Gasteiger partial charge in [-0.05, 0) is 32.6 Å². The van der Waals surface area contributed by atoms with Crippen LogP contribution in [0.5, 0.6) is 0 Å². The third-order valence-corrected chi connectivity index (χ3v) is 2.90. The van der Waals surface area contributed by atoms with Crippen LogP contribution in [0, 0.1) is 0 Å². The van der Waals surface area contributed by atoms with E-state index in [2.05, 4.69) is 6.58 Å². The highest BCUT2D eigenvalue weighted by Gasteiger charge is 2.31. The van der Waals surface area contributed by atoms with Gasteiger partial charge in [-0.1, -0.05) is 13.0 Å². The number of hydrogen-bond donors (Lipinski definition) is 1. The molecule has 1 rings (SSSR count). The lowest BCUT2D eigenvalue weighted by atomic mass is 9.86. The van der Waals surface area contributed by atoms with E-state index >= 15 is 0 Å². The van der Waals surface area contributed by atoms with Gasteiger partial charge in [-0.2, -0.15) is 0 Å². The summed E-state index contributed by atoms with van der Waals surface area (Å²) in [5.74, 6) is -1.64. The molecule has 0 aromatic carbocycles. The molecule has 0 aromatic rings. The van der Waals surface area contributed by atoms with Crippen LogP contribution < -0.4 is 0 Å². The Labute approximate surface area is 95.3 Å². The van der Waals surface area contributed by atoms with E-state index in [4.69, 9.17) is 9.84 Å². The molecule has 0 heterocycles. The monoisotopic (exact) mass is 226 g/mol. The Morgan fingerprint density at radius 3 is 2.38 bits per heavy atom. The van der Waals surface area contributed by atoms with Crippen LogP contribution in [0.3, 0.4) is 0 Å². The number of carboxylic acid groups (broad SMARTS) is 1. The minimum atomic E-state index is -1.06. The maximum absolute atomic E-state index is 11.6. The predicted molar refractivity (Wildman–Crippen MR) is 59.0 cm³/mol. The van der Waals surface area contributed by atoms with Gasteiger partial charge < -0.3 is 9.84 Å². The average molecular weight is 226 g/mol. The van der Waals surface area contributed by atoms with Gasteiger partial charge in [0.1, 0.15) is 5.60 Å². The normalized spacial score (nSPS) is 18.8. The van der Waals surface area contributed by atoms with Gasteiger partial charge in [-0.15, -0.1) is 0 Å². The Morgan fingerprint density at radius 1 is 1.31 bits per heavy atom. The molecular formula is C12H18O4.